The SMILES string of the molecule is COC(=O)c1cnn2c1NC1=C(C(=O)CC(C)(C)C1)[C@H]2c1ccccc1OC. The quantitative estimate of drug-likeness (QED) is 0.821. The first kappa shape index (κ1) is 18.3. The zero-order valence-corrected chi connectivity index (χ0v) is 16.4. The maximum absolute atomic E-state index is 13.2. The van der Waals surface area contributed by atoms with Crippen molar-refractivity contribution in [1.82, 2.24) is 9.78 Å². The van der Waals surface area contributed by atoms with Crippen LogP contribution >= 0.6 is 0 Å². The van der Waals surface area contributed by atoms with E-state index in [2.05, 4.69) is 24.3 Å². The number of para-hydroxylation sites is 1. The third-order valence-corrected chi connectivity index (χ3v) is 5.34. The molecule has 2 aliphatic rings. The van der Waals surface area contributed by atoms with Gasteiger partial charge in [0.15, 0.2) is 5.78 Å². The fourth-order valence-electron chi connectivity index (χ4n) is 4.15. The van der Waals surface area contributed by atoms with E-state index in [1.54, 1.807) is 11.8 Å². The van der Waals surface area contributed by atoms with Gasteiger partial charge in [0.05, 0.1) is 20.4 Å². The molecule has 7 nitrogen and oxygen atoms in total. The third-order valence-electron chi connectivity index (χ3n) is 5.34. The topological polar surface area (TPSA) is 82.5 Å². The average Bonchev–Trinajstić information content (AvgIpc) is 3.08. The summed E-state index contributed by atoms with van der Waals surface area (Å²) in [5, 5.41) is 7.74. The van der Waals surface area contributed by atoms with E-state index in [-0.39, 0.29) is 11.2 Å². The van der Waals surface area contributed by atoms with Gasteiger partial charge in [-0.3, -0.25) is 4.79 Å². The standard InChI is InChI=1S/C21H23N3O4/c1-21(2)9-14-17(15(25)10-21)18(12-7-5-6-8-16(12)27-3)24-19(23-14)13(11-22-24)20(26)28-4/h5-8,11,18,23H,9-10H2,1-4H3/t18-/m1/s1. The predicted molar refractivity (Wildman–Crippen MR) is 103 cm³/mol. The van der Waals surface area contributed by atoms with Crippen molar-refractivity contribution < 1.29 is 19.1 Å². The summed E-state index contributed by atoms with van der Waals surface area (Å²) in [6.45, 7) is 4.14. The predicted octanol–water partition coefficient (Wildman–Crippen LogP) is 3.34. The number of ether oxygens (including phenoxy) is 2. The first-order chi connectivity index (χ1) is 13.4. The number of carbonyl (C=O) groups is 2. The highest BCUT2D eigenvalue weighted by atomic mass is 16.5. The van der Waals surface area contributed by atoms with E-state index in [1.807, 2.05) is 24.3 Å². The number of rotatable bonds is 3. The maximum atomic E-state index is 13.2. The number of hydrogen-bond donors (Lipinski definition) is 1. The third kappa shape index (κ3) is 2.78. The molecule has 4 rings (SSSR count). The summed E-state index contributed by atoms with van der Waals surface area (Å²) in [5.74, 6) is 0.806. The number of Topliss-reactive ketones (excluding diaryl/α,β-unsaturated/α-hetero) is 1. The molecule has 0 radical (unpaired) electrons. The van der Waals surface area contributed by atoms with Crippen LogP contribution in [0.3, 0.4) is 0 Å². The molecule has 0 saturated carbocycles. The Morgan fingerprint density at radius 1 is 1.25 bits per heavy atom. The van der Waals surface area contributed by atoms with Gasteiger partial charge in [-0.1, -0.05) is 32.0 Å². The van der Waals surface area contributed by atoms with Gasteiger partial charge in [-0.2, -0.15) is 5.10 Å². The van der Waals surface area contributed by atoms with Gasteiger partial charge in [-0.05, 0) is 17.9 Å². The number of nitrogens with zero attached hydrogens (tertiary/aromatic N) is 2. The molecule has 7 heteroatoms. The minimum Gasteiger partial charge on any atom is -0.496 e. The molecule has 1 N–H and O–H groups in total. The van der Waals surface area contributed by atoms with Gasteiger partial charge < -0.3 is 14.8 Å². The van der Waals surface area contributed by atoms with Crippen molar-refractivity contribution >= 4 is 17.6 Å². The second-order valence-electron chi connectivity index (χ2n) is 7.95. The van der Waals surface area contributed by atoms with Crippen LogP contribution in [0.5, 0.6) is 5.75 Å². The largest absolute Gasteiger partial charge is 0.496 e. The molecule has 1 aliphatic heterocycles. The van der Waals surface area contributed by atoms with Gasteiger partial charge in [0, 0.05) is 23.3 Å². The summed E-state index contributed by atoms with van der Waals surface area (Å²) in [6.07, 6.45) is 2.63. The van der Waals surface area contributed by atoms with Crippen LogP contribution in [0, 0.1) is 5.41 Å². The van der Waals surface area contributed by atoms with Crippen LogP contribution in [-0.2, 0) is 9.53 Å². The molecule has 2 aromatic rings. The number of hydrogen-bond acceptors (Lipinski definition) is 6. The van der Waals surface area contributed by atoms with Crippen molar-refractivity contribution in [2.24, 2.45) is 5.41 Å². The number of carbonyl (C=O) groups excluding carboxylic acids is 2. The van der Waals surface area contributed by atoms with E-state index in [0.717, 1.165) is 11.3 Å². The number of fused-ring (bicyclic) bond motifs is 1. The van der Waals surface area contributed by atoms with Gasteiger partial charge in [0.25, 0.3) is 0 Å². The van der Waals surface area contributed by atoms with Crippen LogP contribution < -0.4 is 10.1 Å². The van der Waals surface area contributed by atoms with Crippen LogP contribution in [0.4, 0.5) is 5.82 Å². The van der Waals surface area contributed by atoms with Crippen molar-refractivity contribution in [3.8, 4) is 5.75 Å². The molecule has 0 fully saturated rings. The van der Waals surface area contributed by atoms with E-state index in [4.69, 9.17) is 9.47 Å². The molecule has 1 aromatic carbocycles. The van der Waals surface area contributed by atoms with Crippen LogP contribution in [0.1, 0.15) is 48.7 Å². The highest BCUT2D eigenvalue weighted by Crippen LogP contribution is 2.47. The molecule has 0 bridgehead atoms. The molecule has 0 spiro atoms. The second kappa shape index (κ2) is 6.51. The summed E-state index contributed by atoms with van der Waals surface area (Å²) < 4.78 is 12.1. The summed E-state index contributed by atoms with van der Waals surface area (Å²) in [7, 11) is 2.94. The Balaban J connectivity index is 1.96. The van der Waals surface area contributed by atoms with E-state index < -0.39 is 12.0 Å². The van der Waals surface area contributed by atoms with Crippen molar-refractivity contribution in [3.63, 3.8) is 0 Å². The number of ketones is 1. The first-order valence-corrected chi connectivity index (χ1v) is 9.18. The smallest absolute Gasteiger partial charge is 0.343 e. The van der Waals surface area contributed by atoms with Gasteiger partial charge in [0.1, 0.15) is 23.2 Å². The van der Waals surface area contributed by atoms with Crippen LogP contribution in [-0.4, -0.2) is 35.8 Å². The Kier molecular flexibility index (Phi) is 4.25. The highest BCUT2D eigenvalue weighted by molar-refractivity contribution is 6.01. The number of allylic oxidation sites excluding steroid dienone is 2. The maximum Gasteiger partial charge on any atom is 0.343 e. The summed E-state index contributed by atoms with van der Waals surface area (Å²) in [5.41, 5.74) is 2.51. The normalized spacial score (nSPS) is 20.1. The van der Waals surface area contributed by atoms with Gasteiger partial charge in [0.2, 0.25) is 0 Å². The van der Waals surface area contributed by atoms with Crippen molar-refractivity contribution in [2.45, 2.75) is 32.7 Å². The van der Waals surface area contributed by atoms with E-state index in [0.29, 0.717) is 35.5 Å². The van der Waals surface area contributed by atoms with Crippen LogP contribution in [0.2, 0.25) is 0 Å². The molecule has 0 unspecified atom stereocenters. The molecule has 1 aliphatic carbocycles. The monoisotopic (exact) mass is 381 g/mol. The first-order valence-electron chi connectivity index (χ1n) is 9.18. The Hall–Kier alpha value is -3.09. The Labute approximate surface area is 163 Å². The number of anilines is 1. The zero-order valence-electron chi connectivity index (χ0n) is 16.4. The lowest BCUT2D eigenvalue weighted by Gasteiger charge is -2.39. The highest BCUT2D eigenvalue weighted by Gasteiger charge is 2.43. The number of benzene rings is 1. The number of methoxy groups -OCH3 is 2. The molecule has 146 valence electrons. The Morgan fingerprint density at radius 2 is 2.00 bits per heavy atom. The minimum atomic E-state index is -0.474. The van der Waals surface area contributed by atoms with E-state index in [1.165, 1.54) is 13.3 Å². The van der Waals surface area contributed by atoms with E-state index in [9.17, 15) is 9.59 Å². The Bertz CT molecular complexity index is 1000. The zero-order chi connectivity index (χ0) is 20.1. The molecule has 2 heterocycles. The fourth-order valence-corrected chi connectivity index (χ4v) is 4.15. The second-order valence-corrected chi connectivity index (χ2v) is 7.95. The van der Waals surface area contributed by atoms with Gasteiger partial charge >= 0.3 is 5.97 Å². The summed E-state index contributed by atoms with van der Waals surface area (Å²) >= 11 is 0. The molecule has 0 amide bonds. The van der Waals surface area contributed by atoms with Crippen LogP contribution in [0.15, 0.2) is 41.7 Å². The van der Waals surface area contributed by atoms with Crippen molar-refractivity contribution in [1.29, 1.82) is 0 Å². The van der Waals surface area contributed by atoms with Crippen LogP contribution in [0.25, 0.3) is 0 Å². The van der Waals surface area contributed by atoms with Gasteiger partial charge in [-0.15, -0.1) is 0 Å². The number of aromatic nitrogens is 2. The lowest BCUT2D eigenvalue weighted by Crippen LogP contribution is -2.37. The fraction of sp³-hybridized carbons (Fsp3) is 0.381. The van der Waals surface area contributed by atoms with Crippen molar-refractivity contribution in [3.05, 3.63) is 52.9 Å². The molecular formula is C21H23N3O4. The molecular weight excluding hydrogens is 358 g/mol. The molecule has 0 saturated heterocycles. The molecule has 1 atom stereocenters. The molecule has 1 aromatic heterocycles. The lowest BCUT2D eigenvalue weighted by atomic mass is 9.73. The van der Waals surface area contributed by atoms with Gasteiger partial charge in [-0.25, -0.2) is 9.48 Å². The Morgan fingerprint density at radius 3 is 2.71 bits per heavy atom. The molecule has 28 heavy (non-hydrogen) atoms. The minimum absolute atomic E-state index is 0.0791. The number of nitrogens with one attached hydrogen (secondary N) is 1. The number of esters is 1. The van der Waals surface area contributed by atoms with E-state index >= 15 is 0 Å². The summed E-state index contributed by atoms with van der Waals surface area (Å²) in [4.78, 5) is 25.4. The lowest BCUT2D eigenvalue weighted by molar-refractivity contribution is -0.118. The average molecular weight is 381 g/mol. The van der Waals surface area contributed by atoms with Crippen molar-refractivity contribution in [2.75, 3.05) is 19.5 Å². The summed E-state index contributed by atoms with van der Waals surface area (Å²) in [6, 6.07) is 7.11.